The first kappa shape index (κ1) is 26.0. The number of aromatic nitrogens is 2. The van der Waals surface area contributed by atoms with E-state index in [-0.39, 0.29) is 11.8 Å². The average molecular weight is 514 g/mol. The van der Waals surface area contributed by atoms with Gasteiger partial charge in [-0.1, -0.05) is 80.9 Å². The standard InChI is InChI=1S/C30H28ClN3O3/c1-30(2,3)24-13-11-21(12-14-24)28(35)34-26(29(36)37)15-19-7-9-20(10-8-19)27-32-17-23(18-33-27)22-5-4-6-25(31)16-22/h4-14,16-18,26H,15H2,1-3H3,(H,34,35)(H,36,37)/t26-/m0/s1. The molecule has 0 aliphatic carbocycles. The molecule has 0 aliphatic heterocycles. The first-order valence-corrected chi connectivity index (χ1v) is 12.3. The molecule has 1 heterocycles. The second-order valence-corrected chi connectivity index (χ2v) is 10.3. The van der Waals surface area contributed by atoms with Crippen molar-refractivity contribution in [1.29, 1.82) is 0 Å². The van der Waals surface area contributed by atoms with E-state index in [0.29, 0.717) is 16.4 Å². The predicted molar refractivity (Wildman–Crippen MR) is 146 cm³/mol. The summed E-state index contributed by atoms with van der Waals surface area (Å²) in [6.07, 6.45) is 3.63. The van der Waals surface area contributed by atoms with Gasteiger partial charge in [0.05, 0.1) is 0 Å². The molecule has 7 heteroatoms. The Labute approximate surface area is 221 Å². The normalized spacial score (nSPS) is 12.1. The number of carboxylic acids is 1. The molecule has 0 bridgehead atoms. The minimum absolute atomic E-state index is 0.0337. The van der Waals surface area contributed by atoms with Gasteiger partial charge in [0.1, 0.15) is 6.04 Å². The van der Waals surface area contributed by atoms with Gasteiger partial charge in [0.25, 0.3) is 5.91 Å². The van der Waals surface area contributed by atoms with Gasteiger partial charge in [0.2, 0.25) is 0 Å². The Balaban J connectivity index is 1.42. The highest BCUT2D eigenvalue weighted by molar-refractivity contribution is 6.30. The number of aliphatic carboxylic acids is 1. The van der Waals surface area contributed by atoms with Crippen molar-refractivity contribution in [2.45, 2.75) is 38.6 Å². The molecule has 1 amide bonds. The van der Waals surface area contributed by atoms with E-state index >= 15 is 0 Å². The predicted octanol–water partition coefficient (Wildman–Crippen LogP) is 6.19. The van der Waals surface area contributed by atoms with Gasteiger partial charge in [-0.15, -0.1) is 0 Å². The Morgan fingerprint density at radius 3 is 2.11 bits per heavy atom. The third-order valence-corrected chi connectivity index (χ3v) is 6.31. The molecule has 0 unspecified atom stereocenters. The quantitative estimate of drug-likeness (QED) is 0.307. The fraction of sp³-hybridized carbons (Fsp3) is 0.200. The number of carbonyl (C=O) groups is 2. The number of hydrogen-bond acceptors (Lipinski definition) is 4. The minimum atomic E-state index is -1.09. The highest BCUT2D eigenvalue weighted by Crippen LogP contribution is 2.24. The molecule has 0 radical (unpaired) electrons. The number of carbonyl (C=O) groups excluding carboxylic acids is 1. The Hall–Kier alpha value is -4.03. The van der Waals surface area contributed by atoms with E-state index in [2.05, 4.69) is 36.1 Å². The first-order valence-electron chi connectivity index (χ1n) is 11.9. The molecule has 188 valence electrons. The smallest absolute Gasteiger partial charge is 0.326 e. The molecule has 0 spiro atoms. The van der Waals surface area contributed by atoms with Crippen LogP contribution in [-0.2, 0) is 16.6 Å². The van der Waals surface area contributed by atoms with Gasteiger partial charge in [-0.3, -0.25) is 4.79 Å². The molecule has 0 saturated heterocycles. The highest BCUT2D eigenvalue weighted by Gasteiger charge is 2.22. The highest BCUT2D eigenvalue weighted by atomic mass is 35.5. The van der Waals surface area contributed by atoms with Crippen LogP contribution in [0.5, 0.6) is 0 Å². The second kappa shape index (κ2) is 10.9. The summed E-state index contributed by atoms with van der Waals surface area (Å²) in [5.41, 5.74) is 4.85. The molecule has 4 aromatic rings. The van der Waals surface area contributed by atoms with Crippen molar-refractivity contribution in [3.8, 4) is 22.5 Å². The number of nitrogens with zero attached hydrogens (tertiary/aromatic N) is 2. The van der Waals surface area contributed by atoms with Crippen LogP contribution in [-0.4, -0.2) is 33.0 Å². The largest absolute Gasteiger partial charge is 0.480 e. The molecule has 0 fully saturated rings. The number of nitrogens with one attached hydrogen (secondary N) is 1. The van der Waals surface area contributed by atoms with Crippen LogP contribution in [0.1, 0.15) is 42.3 Å². The maximum atomic E-state index is 12.7. The monoisotopic (exact) mass is 513 g/mol. The number of amides is 1. The molecular weight excluding hydrogens is 486 g/mol. The summed E-state index contributed by atoms with van der Waals surface area (Å²) >= 11 is 6.07. The Morgan fingerprint density at radius 2 is 1.54 bits per heavy atom. The lowest BCUT2D eigenvalue weighted by molar-refractivity contribution is -0.139. The molecule has 2 N–H and O–H groups in total. The summed E-state index contributed by atoms with van der Waals surface area (Å²) in [5, 5.41) is 13.0. The fourth-order valence-corrected chi connectivity index (χ4v) is 4.07. The van der Waals surface area contributed by atoms with Crippen LogP contribution in [0.25, 0.3) is 22.5 Å². The summed E-state index contributed by atoms with van der Waals surface area (Å²) in [5.74, 6) is -0.958. The van der Waals surface area contributed by atoms with Crippen molar-refractivity contribution in [2.75, 3.05) is 0 Å². The molecular formula is C30H28ClN3O3. The van der Waals surface area contributed by atoms with Crippen LogP contribution >= 0.6 is 11.6 Å². The Bertz CT molecular complexity index is 1390. The van der Waals surface area contributed by atoms with Gasteiger partial charge in [-0.2, -0.15) is 0 Å². The van der Waals surface area contributed by atoms with Crippen LogP contribution in [0.15, 0.2) is 85.2 Å². The molecule has 37 heavy (non-hydrogen) atoms. The molecule has 3 aromatic carbocycles. The number of halogens is 1. The topological polar surface area (TPSA) is 92.2 Å². The Kier molecular flexibility index (Phi) is 7.69. The van der Waals surface area contributed by atoms with Gasteiger partial charge in [-0.25, -0.2) is 14.8 Å². The molecule has 4 rings (SSSR count). The van der Waals surface area contributed by atoms with E-state index in [0.717, 1.165) is 27.8 Å². The van der Waals surface area contributed by atoms with Crippen LogP contribution in [0.2, 0.25) is 5.02 Å². The van der Waals surface area contributed by atoms with Crippen LogP contribution in [0.4, 0.5) is 0 Å². The first-order chi connectivity index (χ1) is 17.6. The zero-order chi connectivity index (χ0) is 26.6. The van der Waals surface area contributed by atoms with Gasteiger partial charge in [0.15, 0.2) is 5.82 Å². The molecule has 1 aromatic heterocycles. The summed E-state index contributed by atoms with van der Waals surface area (Å²) in [6, 6.07) is 21.0. The van der Waals surface area contributed by atoms with Crippen molar-refractivity contribution in [1.82, 2.24) is 15.3 Å². The van der Waals surface area contributed by atoms with E-state index in [1.807, 2.05) is 60.7 Å². The molecule has 1 atom stereocenters. The molecule has 6 nitrogen and oxygen atoms in total. The summed E-state index contributed by atoms with van der Waals surface area (Å²) < 4.78 is 0. The summed E-state index contributed by atoms with van der Waals surface area (Å²) in [7, 11) is 0. The van der Waals surface area contributed by atoms with Crippen molar-refractivity contribution >= 4 is 23.5 Å². The van der Waals surface area contributed by atoms with Gasteiger partial charge in [-0.05, 0) is 46.4 Å². The van der Waals surface area contributed by atoms with E-state index in [1.54, 1.807) is 24.5 Å². The molecule has 0 aliphatic rings. The van der Waals surface area contributed by atoms with Gasteiger partial charge < -0.3 is 10.4 Å². The fourth-order valence-electron chi connectivity index (χ4n) is 3.88. The lowest BCUT2D eigenvalue weighted by Crippen LogP contribution is -2.42. The van der Waals surface area contributed by atoms with Crippen molar-refractivity contribution < 1.29 is 14.7 Å². The number of carboxylic acid groups (broad SMARTS) is 1. The van der Waals surface area contributed by atoms with E-state index in [9.17, 15) is 14.7 Å². The SMILES string of the molecule is CC(C)(C)c1ccc(C(=O)N[C@@H](Cc2ccc(-c3ncc(-c4cccc(Cl)c4)cn3)cc2)C(=O)O)cc1. The number of benzene rings is 3. The summed E-state index contributed by atoms with van der Waals surface area (Å²) in [6.45, 7) is 6.28. The van der Waals surface area contributed by atoms with E-state index in [4.69, 9.17) is 11.6 Å². The summed E-state index contributed by atoms with van der Waals surface area (Å²) in [4.78, 5) is 33.5. The van der Waals surface area contributed by atoms with Gasteiger partial charge in [0, 0.05) is 40.5 Å². The maximum absolute atomic E-state index is 12.7. The van der Waals surface area contributed by atoms with Crippen LogP contribution in [0, 0.1) is 0 Å². The van der Waals surface area contributed by atoms with Crippen molar-refractivity contribution in [3.05, 3.63) is 107 Å². The van der Waals surface area contributed by atoms with E-state index < -0.39 is 17.9 Å². The minimum Gasteiger partial charge on any atom is -0.480 e. The third kappa shape index (κ3) is 6.60. The Morgan fingerprint density at radius 1 is 0.892 bits per heavy atom. The second-order valence-electron chi connectivity index (χ2n) is 9.90. The van der Waals surface area contributed by atoms with Crippen molar-refractivity contribution in [3.63, 3.8) is 0 Å². The zero-order valence-electron chi connectivity index (χ0n) is 20.9. The lowest BCUT2D eigenvalue weighted by Gasteiger charge is -2.19. The third-order valence-electron chi connectivity index (χ3n) is 6.08. The van der Waals surface area contributed by atoms with Crippen LogP contribution in [0.3, 0.4) is 0 Å². The maximum Gasteiger partial charge on any atom is 0.326 e. The number of rotatable bonds is 7. The van der Waals surface area contributed by atoms with Crippen LogP contribution < -0.4 is 5.32 Å². The molecule has 0 saturated carbocycles. The number of hydrogen-bond donors (Lipinski definition) is 2. The van der Waals surface area contributed by atoms with E-state index in [1.165, 1.54) is 0 Å². The zero-order valence-corrected chi connectivity index (χ0v) is 21.7. The van der Waals surface area contributed by atoms with Gasteiger partial charge >= 0.3 is 5.97 Å². The van der Waals surface area contributed by atoms with Crippen molar-refractivity contribution in [2.24, 2.45) is 0 Å². The average Bonchev–Trinajstić information content (AvgIpc) is 2.88. The lowest BCUT2D eigenvalue weighted by atomic mass is 9.86.